The van der Waals surface area contributed by atoms with Crippen LogP contribution in [0.25, 0.3) is 11.0 Å². The summed E-state index contributed by atoms with van der Waals surface area (Å²) in [6.07, 6.45) is 0.360. The van der Waals surface area contributed by atoms with Gasteiger partial charge in [-0.25, -0.2) is 4.63 Å². The minimum atomic E-state index is -0.632. The van der Waals surface area contributed by atoms with Gasteiger partial charge in [0.2, 0.25) is 5.52 Å². The van der Waals surface area contributed by atoms with E-state index in [1.54, 1.807) is 0 Å². The predicted molar refractivity (Wildman–Crippen MR) is 102 cm³/mol. The van der Waals surface area contributed by atoms with Gasteiger partial charge >= 0.3 is 5.69 Å². The number of aliphatic hydroxyl groups is 1. The van der Waals surface area contributed by atoms with E-state index in [2.05, 4.69) is 25.6 Å². The summed E-state index contributed by atoms with van der Waals surface area (Å²) >= 11 is 0. The van der Waals surface area contributed by atoms with Crippen LogP contribution >= 0.6 is 0 Å². The summed E-state index contributed by atoms with van der Waals surface area (Å²) < 4.78 is 9.67. The third-order valence-electron chi connectivity index (χ3n) is 4.02. The van der Waals surface area contributed by atoms with Crippen molar-refractivity contribution in [1.82, 2.24) is 10.3 Å². The minimum Gasteiger partial charge on any atom is -0.496 e. The number of benzene rings is 2. The van der Waals surface area contributed by atoms with Crippen LogP contribution in [0.1, 0.15) is 6.42 Å². The number of hydrogen-bond acceptors (Lipinski definition) is 11. The number of aliphatic hydroxyl groups excluding tert-OH is 1. The molecule has 0 unspecified atom stereocenters. The van der Waals surface area contributed by atoms with Crippen molar-refractivity contribution in [3.63, 3.8) is 0 Å². The van der Waals surface area contributed by atoms with Gasteiger partial charge in [-0.15, -0.1) is 0 Å². The number of hydrogen-bond donors (Lipinski definition) is 3. The Morgan fingerprint density at radius 2 is 1.86 bits per heavy atom. The third-order valence-corrected chi connectivity index (χ3v) is 4.02. The maximum absolute atomic E-state index is 11.5. The average Bonchev–Trinajstić information content (AvgIpc) is 3.17. The first kappa shape index (κ1) is 19.8. The van der Waals surface area contributed by atoms with Crippen LogP contribution in [0.4, 0.5) is 28.4 Å². The highest BCUT2D eigenvalue weighted by molar-refractivity contribution is 6.01. The van der Waals surface area contributed by atoms with Crippen molar-refractivity contribution >= 4 is 39.5 Å². The average molecular weight is 404 g/mol. The van der Waals surface area contributed by atoms with E-state index in [1.807, 2.05) is 0 Å². The molecule has 13 heteroatoms. The van der Waals surface area contributed by atoms with Crippen molar-refractivity contribution in [1.29, 1.82) is 0 Å². The van der Waals surface area contributed by atoms with Crippen LogP contribution in [-0.2, 0) is 0 Å². The van der Waals surface area contributed by atoms with Crippen molar-refractivity contribution in [3.8, 4) is 5.75 Å². The summed E-state index contributed by atoms with van der Waals surface area (Å²) in [6, 6.07) is 5.60. The van der Waals surface area contributed by atoms with Crippen molar-refractivity contribution in [2.24, 2.45) is 0 Å². The molecule has 29 heavy (non-hydrogen) atoms. The second-order valence-corrected chi connectivity index (χ2v) is 5.81. The van der Waals surface area contributed by atoms with Crippen LogP contribution in [0.15, 0.2) is 28.9 Å². The van der Waals surface area contributed by atoms with E-state index in [0.717, 1.165) is 0 Å². The van der Waals surface area contributed by atoms with E-state index >= 15 is 0 Å². The SMILES string of the molecule is COc1ccc(Nc2cc(NCCCO)c([N+](=O)[O-])c3nonc23)c([N+](=O)[O-])c1. The fraction of sp³-hybridized carbons (Fsp3) is 0.250. The van der Waals surface area contributed by atoms with Crippen LogP contribution in [0.5, 0.6) is 5.75 Å². The summed E-state index contributed by atoms with van der Waals surface area (Å²) in [5.74, 6) is 0.297. The normalized spacial score (nSPS) is 10.7. The van der Waals surface area contributed by atoms with E-state index < -0.39 is 9.85 Å². The Balaban J connectivity index is 2.10. The molecule has 0 saturated heterocycles. The highest BCUT2D eigenvalue weighted by Crippen LogP contribution is 2.39. The molecule has 0 spiro atoms. The minimum absolute atomic E-state index is 0.0366. The zero-order valence-corrected chi connectivity index (χ0v) is 15.1. The Hall–Kier alpha value is -4.00. The summed E-state index contributed by atoms with van der Waals surface area (Å²) in [7, 11) is 1.39. The number of nitro groups is 2. The molecular weight excluding hydrogens is 388 g/mol. The maximum Gasteiger partial charge on any atom is 0.323 e. The maximum atomic E-state index is 11.5. The lowest BCUT2D eigenvalue weighted by Crippen LogP contribution is -2.07. The number of ether oxygens (including phenoxy) is 1. The zero-order valence-electron chi connectivity index (χ0n) is 15.1. The fourth-order valence-electron chi connectivity index (χ4n) is 2.69. The van der Waals surface area contributed by atoms with E-state index in [4.69, 9.17) is 9.84 Å². The number of anilines is 3. The van der Waals surface area contributed by atoms with Crippen LogP contribution in [-0.4, -0.2) is 45.5 Å². The smallest absolute Gasteiger partial charge is 0.323 e. The van der Waals surface area contributed by atoms with Gasteiger partial charge in [-0.3, -0.25) is 20.2 Å². The third kappa shape index (κ3) is 3.98. The summed E-state index contributed by atoms with van der Waals surface area (Å²) in [5, 5.41) is 44.9. The summed E-state index contributed by atoms with van der Waals surface area (Å²) in [5.41, 5.74) is -0.263. The lowest BCUT2D eigenvalue weighted by molar-refractivity contribution is -0.384. The molecule has 3 rings (SSSR count). The Kier molecular flexibility index (Phi) is 5.69. The van der Waals surface area contributed by atoms with Crippen molar-refractivity contribution in [2.45, 2.75) is 6.42 Å². The van der Waals surface area contributed by atoms with Crippen molar-refractivity contribution < 1.29 is 24.3 Å². The molecule has 1 aromatic heterocycles. The van der Waals surface area contributed by atoms with E-state index in [-0.39, 0.29) is 52.6 Å². The quantitative estimate of drug-likeness (QED) is 0.271. The standard InChI is InChI=1S/C16H16N6O7/c1-28-9-3-4-10(13(7-9)21(24)25)18-11-8-12(17-5-2-6-23)16(22(26)27)15-14(11)19-29-20-15/h3-4,7-8,17-18,23H,2,5-6H2,1H3. The van der Waals surface area contributed by atoms with Crippen LogP contribution < -0.4 is 15.4 Å². The summed E-state index contributed by atoms with van der Waals surface area (Å²) in [4.78, 5) is 21.7. The molecule has 1 heterocycles. The molecule has 0 fully saturated rings. The van der Waals surface area contributed by atoms with E-state index in [1.165, 1.54) is 31.4 Å². The molecule has 13 nitrogen and oxygen atoms in total. The topological polar surface area (TPSA) is 179 Å². The van der Waals surface area contributed by atoms with Crippen LogP contribution in [0.3, 0.4) is 0 Å². The second kappa shape index (κ2) is 8.35. The molecule has 0 bridgehead atoms. The lowest BCUT2D eigenvalue weighted by Gasteiger charge is -2.12. The first-order chi connectivity index (χ1) is 14.0. The van der Waals surface area contributed by atoms with Gasteiger partial charge in [0.1, 0.15) is 17.1 Å². The summed E-state index contributed by atoms with van der Waals surface area (Å²) in [6.45, 7) is 0.161. The zero-order chi connectivity index (χ0) is 21.0. The number of nitro benzene ring substituents is 2. The van der Waals surface area contributed by atoms with Crippen LogP contribution in [0, 0.1) is 20.2 Å². The van der Waals surface area contributed by atoms with Crippen molar-refractivity contribution in [3.05, 3.63) is 44.5 Å². The van der Waals surface area contributed by atoms with Gasteiger partial charge in [0.25, 0.3) is 5.69 Å². The largest absolute Gasteiger partial charge is 0.496 e. The Morgan fingerprint density at radius 3 is 2.52 bits per heavy atom. The monoisotopic (exact) mass is 404 g/mol. The number of fused-ring (bicyclic) bond motifs is 1. The van der Waals surface area contributed by atoms with Gasteiger partial charge in [-0.1, -0.05) is 0 Å². The molecule has 0 amide bonds. The van der Waals surface area contributed by atoms with Gasteiger partial charge < -0.3 is 20.5 Å². The van der Waals surface area contributed by atoms with Gasteiger partial charge in [-0.05, 0) is 34.9 Å². The Labute approximate surface area is 162 Å². The first-order valence-electron chi connectivity index (χ1n) is 8.34. The molecule has 3 aromatic rings. The van der Waals surface area contributed by atoms with Gasteiger partial charge in [0.05, 0.1) is 28.7 Å². The number of nitrogens with zero attached hydrogens (tertiary/aromatic N) is 4. The van der Waals surface area contributed by atoms with Crippen LogP contribution in [0.2, 0.25) is 0 Å². The van der Waals surface area contributed by atoms with Gasteiger partial charge in [-0.2, -0.15) is 0 Å². The predicted octanol–water partition coefficient (Wildman–Crippen LogP) is 2.59. The molecule has 2 aromatic carbocycles. The number of rotatable bonds is 9. The molecule has 0 radical (unpaired) electrons. The molecule has 0 aliphatic heterocycles. The second-order valence-electron chi connectivity index (χ2n) is 5.81. The van der Waals surface area contributed by atoms with E-state index in [0.29, 0.717) is 12.2 Å². The Morgan fingerprint density at radius 1 is 1.10 bits per heavy atom. The number of methoxy groups -OCH3 is 1. The molecule has 0 aliphatic carbocycles. The fourth-order valence-corrected chi connectivity index (χ4v) is 2.69. The van der Waals surface area contributed by atoms with Crippen molar-refractivity contribution in [2.75, 3.05) is 30.9 Å². The molecule has 0 saturated carbocycles. The van der Waals surface area contributed by atoms with Gasteiger partial charge in [0.15, 0.2) is 5.52 Å². The molecule has 3 N–H and O–H groups in total. The number of nitrogens with one attached hydrogen (secondary N) is 2. The number of aromatic nitrogens is 2. The molecule has 152 valence electrons. The van der Waals surface area contributed by atoms with Gasteiger partial charge in [0, 0.05) is 13.2 Å². The Bertz CT molecular complexity index is 1070. The first-order valence-corrected chi connectivity index (χ1v) is 8.34. The van der Waals surface area contributed by atoms with E-state index in [9.17, 15) is 20.2 Å². The molecule has 0 atom stereocenters. The lowest BCUT2D eigenvalue weighted by atomic mass is 10.1. The molecular formula is C16H16N6O7. The highest BCUT2D eigenvalue weighted by atomic mass is 16.6. The molecule has 0 aliphatic rings. The highest BCUT2D eigenvalue weighted by Gasteiger charge is 2.27.